The van der Waals surface area contributed by atoms with Crippen molar-refractivity contribution in [3.8, 4) is 0 Å². The van der Waals surface area contributed by atoms with E-state index in [1.807, 2.05) is 30.3 Å². The van der Waals surface area contributed by atoms with Crippen molar-refractivity contribution in [2.75, 3.05) is 0 Å². The van der Waals surface area contributed by atoms with Crippen LogP contribution in [0.1, 0.15) is 17.7 Å². The molecule has 1 heterocycles. The summed E-state index contributed by atoms with van der Waals surface area (Å²) in [6.45, 7) is 0. The van der Waals surface area contributed by atoms with E-state index in [1.165, 1.54) is 5.56 Å². The number of aryl methyl sites for hydroxylation is 1. The summed E-state index contributed by atoms with van der Waals surface area (Å²) >= 11 is 0. The molecule has 2 heteroatoms. The van der Waals surface area contributed by atoms with E-state index >= 15 is 0 Å². The Bertz CT molecular complexity index is 392. The average Bonchev–Trinajstić information content (AvgIpc) is 2.81. The number of aliphatic hydroxyl groups excluding tert-OH is 1. The first kappa shape index (κ1) is 11.0. The van der Waals surface area contributed by atoms with Crippen molar-refractivity contribution >= 4 is 0 Å². The van der Waals surface area contributed by atoms with E-state index < -0.39 is 0 Å². The molecule has 84 valence electrons. The van der Waals surface area contributed by atoms with E-state index in [-0.39, 0.29) is 6.10 Å². The van der Waals surface area contributed by atoms with Crippen LogP contribution in [0.3, 0.4) is 0 Å². The molecule has 0 radical (unpaired) electrons. The zero-order chi connectivity index (χ0) is 11.2. The van der Waals surface area contributed by atoms with Crippen molar-refractivity contribution in [3.63, 3.8) is 0 Å². The highest BCUT2D eigenvalue weighted by Gasteiger charge is 2.07. The first-order valence-corrected chi connectivity index (χ1v) is 5.59. The second-order valence-corrected chi connectivity index (χ2v) is 3.96. The summed E-state index contributed by atoms with van der Waals surface area (Å²) in [5.74, 6) is 0.848. The molecule has 0 aliphatic heterocycles. The molecule has 1 unspecified atom stereocenters. The van der Waals surface area contributed by atoms with Crippen molar-refractivity contribution in [2.24, 2.45) is 0 Å². The van der Waals surface area contributed by atoms with Gasteiger partial charge in [-0.2, -0.15) is 0 Å². The molecule has 2 rings (SSSR count). The van der Waals surface area contributed by atoms with E-state index in [1.54, 1.807) is 6.26 Å². The molecule has 2 nitrogen and oxygen atoms in total. The molecule has 0 bridgehead atoms. The van der Waals surface area contributed by atoms with Gasteiger partial charge in [0.25, 0.3) is 0 Å². The highest BCUT2D eigenvalue weighted by molar-refractivity contribution is 5.14. The lowest BCUT2D eigenvalue weighted by molar-refractivity contribution is 0.158. The van der Waals surface area contributed by atoms with E-state index in [0.29, 0.717) is 6.42 Å². The molecule has 1 N–H and O–H groups in total. The average molecular weight is 216 g/mol. The van der Waals surface area contributed by atoms with Gasteiger partial charge in [0.05, 0.1) is 12.4 Å². The number of aliphatic hydroxyl groups is 1. The van der Waals surface area contributed by atoms with E-state index in [0.717, 1.165) is 18.6 Å². The maximum absolute atomic E-state index is 9.82. The van der Waals surface area contributed by atoms with E-state index in [4.69, 9.17) is 4.42 Å². The van der Waals surface area contributed by atoms with Crippen LogP contribution in [-0.2, 0) is 12.8 Å². The third kappa shape index (κ3) is 3.24. The predicted molar refractivity (Wildman–Crippen MR) is 63.2 cm³/mol. The molecule has 1 atom stereocenters. The van der Waals surface area contributed by atoms with Gasteiger partial charge < -0.3 is 9.52 Å². The molecular formula is C14H16O2. The van der Waals surface area contributed by atoms with Gasteiger partial charge in [0.2, 0.25) is 0 Å². The molecule has 0 saturated carbocycles. The van der Waals surface area contributed by atoms with Crippen LogP contribution in [0.25, 0.3) is 0 Å². The molecule has 0 amide bonds. The summed E-state index contributed by atoms with van der Waals surface area (Å²) in [5.41, 5.74) is 1.26. The fraction of sp³-hybridized carbons (Fsp3) is 0.286. The summed E-state index contributed by atoms with van der Waals surface area (Å²) in [7, 11) is 0. The van der Waals surface area contributed by atoms with Gasteiger partial charge in [-0.05, 0) is 30.5 Å². The molecule has 1 aromatic carbocycles. The number of hydrogen-bond acceptors (Lipinski definition) is 2. The van der Waals surface area contributed by atoms with Crippen molar-refractivity contribution in [1.82, 2.24) is 0 Å². The first-order valence-electron chi connectivity index (χ1n) is 5.59. The van der Waals surface area contributed by atoms with Gasteiger partial charge in [-0.1, -0.05) is 30.3 Å². The zero-order valence-corrected chi connectivity index (χ0v) is 9.17. The second-order valence-electron chi connectivity index (χ2n) is 3.96. The molecule has 1 aromatic heterocycles. The summed E-state index contributed by atoms with van der Waals surface area (Å²) in [5, 5.41) is 9.82. The monoisotopic (exact) mass is 216 g/mol. The maximum Gasteiger partial charge on any atom is 0.106 e. The zero-order valence-electron chi connectivity index (χ0n) is 9.17. The van der Waals surface area contributed by atoms with Crippen molar-refractivity contribution in [2.45, 2.75) is 25.4 Å². The molecule has 0 aliphatic rings. The summed E-state index contributed by atoms with van der Waals surface area (Å²) in [6.07, 6.45) is 3.58. The lowest BCUT2D eigenvalue weighted by atomic mass is 10.0. The van der Waals surface area contributed by atoms with Crippen LogP contribution in [0.2, 0.25) is 0 Å². The Morgan fingerprint density at radius 1 is 1.06 bits per heavy atom. The number of benzene rings is 1. The fourth-order valence-electron chi connectivity index (χ4n) is 1.74. The van der Waals surface area contributed by atoms with Gasteiger partial charge in [-0.3, -0.25) is 0 Å². The van der Waals surface area contributed by atoms with Gasteiger partial charge >= 0.3 is 0 Å². The largest absolute Gasteiger partial charge is 0.469 e. The third-order valence-corrected chi connectivity index (χ3v) is 2.63. The van der Waals surface area contributed by atoms with Gasteiger partial charge in [0.15, 0.2) is 0 Å². The Morgan fingerprint density at radius 3 is 2.56 bits per heavy atom. The summed E-state index contributed by atoms with van der Waals surface area (Å²) in [4.78, 5) is 0. The van der Waals surface area contributed by atoms with Crippen LogP contribution < -0.4 is 0 Å². The van der Waals surface area contributed by atoms with Crippen LogP contribution in [0.5, 0.6) is 0 Å². The Labute approximate surface area is 95.5 Å². The Morgan fingerprint density at radius 2 is 1.88 bits per heavy atom. The van der Waals surface area contributed by atoms with E-state index in [9.17, 15) is 5.11 Å². The first-order chi connectivity index (χ1) is 7.84. The van der Waals surface area contributed by atoms with Gasteiger partial charge in [-0.25, -0.2) is 0 Å². The van der Waals surface area contributed by atoms with Crippen LogP contribution in [-0.4, -0.2) is 11.2 Å². The quantitative estimate of drug-likeness (QED) is 0.833. The normalized spacial score (nSPS) is 12.6. The Hall–Kier alpha value is -1.54. The molecule has 2 aromatic rings. The number of furan rings is 1. The van der Waals surface area contributed by atoms with Crippen LogP contribution >= 0.6 is 0 Å². The van der Waals surface area contributed by atoms with Crippen LogP contribution in [0.4, 0.5) is 0 Å². The number of rotatable bonds is 5. The highest BCUT2D eigenvalue weighted by Crippen LogP contribution is 2.10. The van der Waals surface area contributed by atoms with Gasteiger partial charge in [0, 0.05) is 6.42 Å². The smallest absolute Gasteiger partial charge is 0.106 e. The molecule has 0 spiro atoms. The van der Waals surface area contributed by atoms with Crippen LogP contribution in [0.15, 0.2) is 53.1 Å². The van der Waals surface area contributed by atoms with Gasteiger partial charge in [-0.15, -0.1) is 0 Å². The Balaban J connectivity index is 1.78. The van der Waals surface area contributed by atoms with Crippen LogP contribution in [0, 0.1) is 0 Å². The summed E-state index contributed by atoms with van der Waals surface area (Å²) < 4.78 is 5.20. The fourth-order valence-corrected chi connectivity index (χ4v) is 1.74. The lowest BCUT2D eigenvalue weighted by Crippen LogP contribution is -2.11. The highest BCUT2D eigenvalue weighted by atomic mass is 16.3. The maximum atomic E-state index is 9.82. The SMILES string of the molecule is OC(CCc1ccccc1)Cc1ccco1. The minimum absolute atomic E-state index is 0.327. The van der Waals surface area contributed by atoms with Crippen molar-refractivity contribution < 1.29 is 9.52 Å². The predicted octanol–water partition coefficient (Wildman–Crippen LogP) is 2.82. The second kappa shape index (κ2) is 5.52. The van der Waals surface area contributed by atoms with Crippen molar-refractivity contribution in [3.05, 3.63) is 60.1 Å². The number of hydrogen-bond donors (Lipinski definition) is 1. The topological polar surface area (TPSA) is 33.4 Å². The molecule has 0 aliphatic carbocycles. The molecule has 16 heavy (non-hydrogen) atoms. The molecular weight excluding hydrogens is 200 g/mol. The molecule has 0 saturated heterocycles. The van der Waals surface area contributed by atoms with Crippen molar-refractivity contribution in [1.29, 1.82) is 0 Å². The minimum atomic E-state index is -0.327. The Kier molecular flexibility index (Phi) is 3.78. The molecule has 0 fully saturated rings. The van der Waals surface area contributed by atoms with Gasteiger partial charge in [0.1, 0.15) is 5.76 Å². The lowest BCUT2D eigenvalue weighted by Gasteiger charge is -2.08. The summed E-state index contributed by atoms with van der Waals surface area (Å²) in [6, 6.07) is 14.0. The standard InChI is InChI=1S/C14H16O2/c15-13(11-14-7-4-10-16-14)9-8-12-5-2-1-3-6-12/h1-7,10,13,15H,8-9,11H2. The minimum Gasteiger partial charge on any atom is -0.469 e. The van der Waals surface area contributed by atoms with E-state index in [2.05, 4.69) is 12.1 Å². The third-order valence-electron chi connectivity index (χ3n) is 2.63.